The number of hydrogen-bond donors (Lipinski definition) is 1. The molecule has 1 aromatic heterocycles. The normalized spacial score (nSPS) is 20.9. The van der Waals surface area contributed by atoms with Gasteiger partial charge in [0.2, 0.25) is 0 Å². The maximum atomic E-state index is 12.4. The Hall–Kier alpha value is -0.870. The summed E-state index contributed by atoms with van der Waals surface area (Å²) in [5.74, 6) is 0.0714. The van der Waals surface area contributed by atoms with Gasteiger partial charge < -0.3 is 10.0 Å². The number of likely N-dealkylation sites (tertiary alicyclic amines) is 1. The van der Waals surface area contributed by atoms with Gasteiger partial charge >= 0.3 is 0 Å². The minimum absolute atomic E-state index is 0.0588. The fraction of sp³-hybridized carbons (Fsp3) is 0.615. The molecule has 1 unspecified atom stereocenters. The van der Waals surface area contributed by atoms with Crippen LogP contribution >= 0.6 is 11.3 Å². The second kappa shape index (κ2) is 4.42. The Labute approximate surface area is 106 Å². The molecular weight excluding hydrogens is 234 g/mol. The molecular formula is C13H19NO2S. The van der Waals surface area contributed by atoms with Crippen molar-refractivity contribution in [2.45, 2.75) is 45.3 Å². The van der Waals surface area contributed by atoms with Crippen LogP contribution in [0.4, 0.5) is 0 Å². The predicted octanol–water partition coefficient (Wildman–Crippen LogP) is 2.43. The molecule has 0 aromatic carbocycles. The van der Waals surface area contributed by atoms with E-state index in [1.807, 2.05) is 23.3 Å². The summed E-state index contributed by atoms with van der Waals surface area (Å²) >= 11 is 1.48. The van der Waals surface area contributed by atoms with E-state index in [9.17, 15) is 9.90 Å². The molecule has 1 aliphatic rings. The molecule has 3 nitrogen and oxygen atoms in total. The van der Waals surface area contributed by atoms with Crippen molar-refractivity contribution in [1.82, 2.24) is 4.90 Å². The number of rotatable bonds is 2. The van der Waals surface area contributed by atoms with Crippen LogP contribution in [0.1, 0.15) is 41.9 Å². The van der Waals surface area contributed by atoms with Gasteiger partial charge in [-0.05, 0) is 50.6 Å². The number of carbonyl (C=O) groups excluding carboxylic acids is 1. The van der Waals surface area contributed by atoms with Crippen molar-refractivity contribution in [3.8, 4) is 0 Å². The minimum Gasteiger partial charge on any atom is -0.388 e. The Balaban J connectivity index is 2.23. The molecule has 0 saturated carbocycles. The zero-order valence-corrected chi connectivity index (χ0v) is 11.4. The third kappa shape index (κ3) is 2.38. The first kappa shape index (κ1) is 12.6. The van der Waals surface area contributed by atoms with E-state index in [2.05, 4.69) is 0 Å². The molecule has 0 spiro atoms. The van der Waals surface area contributed by atoms with E-state index in [4.69, 9.17) is 0 Å². The number of carbonyl (C=O) groups is 1. The van der Waals surface area contributed by atoms with Crippen LogP contribution in [-0.2, 0) is 0 Å². The van der Waals surface area contributed by atoms with E-state index in [0.717, 1.165) is 29.8 Å². The van der Waals surface area contributed by atoms with Crippen LogP contribution in [0.3, 0.4) is 0 Å². The quantitative estimate of drug-likeness (QED) is 0.879. The molecule has 2 heterocycles. The van der Waals surface area contributed by atoms with Gasteiger partial charge in [0.1, 0.15) is 0 Å². The van der Waals surface area contributed by atoms with Gasteiger partial charge in [0, 0.05) is 6.54 Å². The van der Waals surface area contributed by atoms with E-state index in [1.165, 1.54) is 11.3 Å². The molecule has 0 aliphatic carbocycles. The summed E-state index contributed by atoms with van der Waals surface area (Å²) < 4.78 is 0. The molecule has 1 amide bonds. The Morgan fingerprint density at radius 3 is 2.82 bits per heavy atom. The largest absolute Gasteiger partial charge is 0.388 e. The van der Waals surface area contributed by atoms with Gasteiger partial charge in [-0.1, -0.05) is 0 Å². The Kier molecular flexibility index (Phi) is 3.27. The highest BCUT2D eigenvalue weighted by Crippen LogP contribution is 2.30. The maximum absolute atomic E-state index is 12.4. The van der Waals surface area contributed by atoms with Crippen molar-refractivity contribution < 1.29 is 9.90 Å². The molecule has 1 aliphatic heterocycles. The SMILES string of the molecule is Cc1ccsc1C(=O)N1CCCC1C(C)(C)O. The number of aryl methyl sites for hydroxylation is 1. The number of nitrogens with zero attached hydrogens (tertiary/aromatic N) is 1. The summed E-state index contributed by atoms with van der Waals surface area (Å²) in [6, 6.07) is 1.91. The van der Waals surface area contributed by atoms with Crippen molar-refractivity contribution in [2.75, 3.05) is 6.54 Å². The van der Waals surface area contributed by atoms with Gasteiger partial charge in [-0.2, -0.15) is 0 Å². The fourth-order valence-electron chi connectivity index (χ4n) is 2.47. The second-order valence-electron chi connectivity index (χ2n) is 5.24. The maximum Gasteiger partial charge on any atom is 0.264 e. The average Bonchev–Trinajstić information content (AvgIpc) is 2.82. The Bertz CT molecular complexity index is 419. The van der Waals surface area contributed by atoms with Crippen LogP contribution in [0.25, 0.3) is 0 Å². The summed E-state index contributed by atoms with van der Waals surface area (Å²) in [5.41, 5.74) is 0.207. The van der Waals surface area contributed by atoms with Gasteiger partial charge in [-0.3, -0.25) is 4.79 Å². The van der Waals surface area contributed by atoms with Gasteiger partial charge in [-0.25, -0.2) is 0 Å². The minimum atomic E-state index is -0.822. The van der Waals surface area contributed by atoms with Crippen molar-refractivity contribution in [2.24, 2.45) is 0 Å². The molecule has 0 radical (unpaired) electrons. The molecule has 1 N–H and O–H groups in total. The van der Waals surface area contributed by atoms with Gasteiger partial charge in [0.05, 0.1) is 16.5 Å². The topological polar surface area (TPSA) is 40.5 Å². The molecule has 94 valence electrons. The molecule has 17 heavy (non-hydrogen) atoms. The number of thiophene rings is 1. The molecule has 1 atom stereocenters. The smallest absolute Gasteiger partial charge is 0.264 e. The lowest BCUT2D eigenvalue weighted by Crippen LogP contribution is -2.48. The van der Waals surface area contributed by atoms with Crippen LogP contribution < -0.4 is 0 Å². The summed E-state index contributed by atoms with van der Waals surface area (Å²) in [4.78, 5) is 15.1. The summed E-state index contributed by atoms with van der Waals surface area (Å²) in [5, 5.41) is 12.1. The third-order valence-electron chi connectivity index (χ3n) is 3.39. The van der Waals surface area contributed by atoms with Crippen LogP contribution in [-0.4, -0.2) is 34.1 Å². The zero-order chi connectivity index (χ0) is 12.6. The lowest BCUT2D eigenvalue weighted by Gasteiger charge is -2.33. The first-order valence-corrected chi connectivity index (χ1v) is 6.86. The van der Waals surface area contributed by atoms with Crippen LogP contribution in [0.15, 0.2) is 11.4 Å². The molecule has 4 heteroatoms. The molecule has 1 aromatic rings. The Morgan fingerprint density at radius 1 is 1.59 bits per heavy atom. The Morgan fingerprint density at radius 2 is 2.29 bits per heavy atom. The highest BCUT2D eigenvalue weighted by Gasteiger charge is 2.39. The zero-order valence-electron chi connectivity index (χ0n) is 10.6. The van der Waals surface area contributed by atoms with Crippen molar-refractivity contribution >= 4 is 17.2 Å². The molecule has 2 rings (SSSR count). The summed E-state index contributed by atoms with van der Waals surface area (Å²) in [6.45, 7) is 6.28. The molecule has 1 fully saturated rings. The van der Waals surface area contributed by atoms with Crippen LogP contribution in [0.5, 0.6) is 0 Å². The highest BCUT2D eigenvalue weighted by atomic mass is 32.1. The van der Waals surface area contributed by atoms with Crippen molar-refractivity contribution in [3.63, 3.8) is 0 Å². The van der Waals surface area contributed by atoms with Crippen LogP contribution in [0, 0.1) is 6.92 Å². The molecule has 1 saturated heterocycles. The number of hydrogen-bond acceptors (Lipinski definition) is 3. The van der Waals surface area contributed by atoms with Crippen molar-refractivity contribution in [3.05, 3.63) is 21.9 Å². The fourth-order valence-corrected chi connectivity index (χ4v) is 3.35. The lowest BCUT2D eigenvalue weighted by molar-refractivity contribution is 0.000491. The van der Waals surface area contributed by atoms with Gasteiger partial charge in [0.25, 0.3) is 5.91 Å². The van der Waals surface area contributed by atoms with E-state index in [0.29, 0.717) is 0 Å². The van der Waals surface area contributed by atoms with E-state index in [1.54, 1.807) is 13.8 Å². The first-order valence-electron chi connectivity index (χ1n) is 5.98. The number of amides is 1. The second-order valence-corrected chi connectivity index (χ2v) is 6.16. The summed E-state index contributed by atoms with van der Waals surface area (Å²) in [6.07, 6.45) is 1.87. The molecule has 0 bridgehead atoms. The third-order valence-corrected chi connectivity index (χ3v) is 4.39. The monoisotopic (exact) mass is 253 g/mol. The van der Waals surface area contributed by atoms with Gasteiger partial charge in [0.15, 0.2) is 0 Å². The number of aliphatic hydroxyl groups is 1. The highest BCUT2D eigenvalue weighted by molar-refractivity contribution is 7.12. The standard InChI is InChI=1S/C13H19NO2S/c1-9-6-8-17-11(9)12(15)14-7-4-5-10(14)13(2,3)16/h6,8,10,16H,4-5,7H2,1-3H3. The summed E-state index contributed by atoms with van der Waals surface area (Å²) in [7, 11) is 0. The average molecular weight is 253 g/mol. The van der Waals surface area contributed by atoms with E-state index < -0.39 is 5.60 Å². The lowest BCUT2D eigenvalue weighted by atomic mass is 9.96. The van der Waals surface area contributed by atoms with Gasteiger partial charge in [-0.15, -0.1) is 11.3 Å². The van der Waals surface area contributed by atoms with E-state index >= 15 is 0 Å². The predicted molar refractivity (Wildman–Crippen MR) is 69.4 cm³/mol. The van der Waals surface area contributed by atoms with Crippen LogP contribution in [0.2, 0.25) is 0 Å². The van der Waals surface area contributed by atoms with Crippen molar-refractivity contribution in [1.29, 1.82) is 0 Å². The van der Waals surface area contributed by atoms with E-state index in [-0.39, 0.29) is 11.9 Å². The first-order chi connectivity index (χ1) is 7.91.